The van der Waals surface area contributed by atoms with Crippen LogP contribution in [-0.4, -0.2) is 22.8 Å². The summed E-state index contributed by atoms with van der Waals surface area (Å²) < 4.78 is 11.6. The van der Waals surface area contributed by atoms with Crippen molar-refractivity contribution in [1.82, 2.24) is 0 Å². The van der Waals surface area contributed by atoms with Crippen molar-refractivity contribution >= 4 is 22.8 Å². The Morgan fingerprint density at radius 1 is 1.25 bits per heavy atom. The zero-order valence-electron chi connectivity index (χ0n) is 11.3. The summed E-state index contributed by atoms with van der Waals surface area (Å²) in [5.74, 6) is -0.319. The molecular weight excluding hydrogens is 236 g/mol. The Balaban J connectivity index is 4.69. The molecule has 0 aliphatic rings. The number of carbonyl (C=O) groups is 1. The zero-order chi connectivity index (χ0) is 13.0. The first-order chi connectivity index (χ1) is 7.09. The first kappa shape index (κ1) is 15.6. The molecule has 0 saturated heterocycles. The minimum Gasteiger partial charge on any atom is -0.492 e. The molecule has 0 aliphatic carbocycles. The lowest BCUT2D eigenvalue weighted by molar-refractivity contribution is -0.131. The molecule has 0 aromatic heterocycles. The van der Waals surface area contributed by atoms with Crippen LogP contribution in [0.3, 0.4) is 0 Å². The van der Waals surface area contributed by atoms with Gasteiger partial charge >= 0.3 is 14.5 Å². The van der Waals surface area contributed by atoms with Crippen LogP contribution in [0, 0.1) is 0 Å². The summed E-state index contributed by atoms with van der Waals surface area (Å²) in [6, 6.07) is 0.844. The second kappa shape index (κ2) is 5.79. The normalized spacial score (nSPS) is 15.4. The predicted molar refractivity (Wildman–Crippen MR) is 72.1 cm³/mol. The summed E-state index contributed by atoms with van der Waals surface area (Å²) >= 11 is 0. The minimum absolute atomic E-state index is 0.319. The van der Waals surface area contributed by atoms with Gasteiger partial charge in [0.25, 0.3) is 0 Å². The highest BCUT2D eigenvalue weighted by molar-refractivity contribution is 6.82. The topological polar surface area (TPSA) is 35.5 Å². The number of hydrogen-bond acceptors (Lipinski definition) is 3. The molecule has 0 rings (SSSR count). The number of rotatable bonds is 6. The van der Waals surface area contributed by atoms with Crippen molar-refractivity contribution in [3.63, 3.8) is 0 Å². The van der Waals surface area contributed by atoms with E-state index < -0.39 is 16.9 Å². The van der Waals surface area contributed by atoms with Gasteiger partial charge in [0.2, 0.25) is 0 Å². The average Bonchev–Trinajstić information content (AvgIpc) is 1.99. The van der Waals surface area contributed by atoms with Crippen LogP contribution in [0.1, 0.15) is 20.3 Å². The number of carbonyl (C=O) groups excluding carboxylic acids is 1. The maximum absolute atomic E-state index is 11.6. The van der Waals surface area contributed by atoms with E-state index in [-0.39, 0.29) is 5.97 Å². The molecule has 1 atom stereocenters. The first-order valence-corrected chi connectivity index (χ1v) is 11.6. The molecule has 0 amide bonds. The fourth-order valence-electron chi connectivity index (χ4n) is 1.51. The van der Waals surface area contributed by atoms with Crippen molar-refractivity contribution in [2.75, 3.05) is 0 Å². The third-order valence-electron chi connectivity index (χ3n) is 1.88. The van der Waals surface area contributed by atoms with Crippen LogP contribution in [0.5, 0.6) is 0 Å². The Morgan fingerprint density at radius 2 is 1.75 bits per heavy atom. The highest BCUT2D eigenvalue weighted by Gasteiger charge is 2.39. The van der Waals surface area contributed by atoms with Gasteiger partial charge in [-0.15, -0.1) is 0 Å². The van der Waals surface area contributed by atoms with Crippen LogP contribution in [0.15, 0.2) is 12.2 Å². The van der Waals surface area contributed by atoms with Crippen molar-refractivity contribution in [2.24, 2.45) is 0 Å². The van der Waals surface area contributed by atoms with E-state index in [1.165, 1.54) is 0 Å². The molecular formula is C11H24O3Si2. The van der Waals surface area contributed by atoms with Crippen molar-refractivity contribution in [2.45, 2.75) is 52.5 Å². The molecule has 0 bridgehead atoms. The standard InChI is InChI=1S/C11H24O3Si2/c1-8-9-16(7,14-15(4,5)6)13-11(12)10(2)3/h2,8-9H2,1,3-7H3. The van der Waals surface area contributed by atoms with E-state index >= 15 is 0 Å². The van der Waals surface area contributed by atoms with E-state index in [1.807, 2.05) is 6.55 Å². The van der Waals surface area contributed by atoms with E-state index in [9.17, 15) is 4.79 Å². The molecule has 0 spiro atoms. The fraction of sp³-hybridized carbons (Fsp3) is 0.727. The molecule has 3 nitrogen and oxygen atoms in total. The van der Waals surface area contributed by atoms with Gasteiger partial charge in [-0.25, -0.2) is 4.79 Å². The third kappa shape index (κ3) is 6.24. The summed E-state index contributed by atoms with van der Waals surface area (Å²) in [5.41, 5.74) is 0.439. The second-order valence-corrected chi connectivity index (χ2v) is 13.3. The van der Waals surface area contributed by atoms with Crippen molar-refractivity contribution in [3.05, 3.63) is 12.2 Å². The molecule has 0 fully saturated rings. The summed E-state index contributed by atoms with van der Waals surface area (Å²) in [6.07, 6.45) is 0.969. The van der Waals surface area contributed by atoms with Gasteiger partial charge < -0.3 is 8.54 Å². The van der Waals surface area contributed by atoms with Gasteiger partial charge in [0.1, 0.15) is 0 Å². The van der Waals surface area contributed by atoms with Gasteiger partial charge in [-0.1, -0.05) is 19.9 Å². The van der Waals surface area contributed by atoms with Crippen LogP contribution in [0.25, 0.3) is 0 Å². The van der Waals surface area contributed by atoms with Crippen molar-refractivity contribution in [3.8, 4) is 0 Å². The summed E-state index contributed by atoms with van der Waals surface area (Å²) in [5, 5.41) is 0. The second-order valence-electron chi connectivity index (χ2n) is 5.27. The summed E-state index contributed by atoms with van der Waals surface area (Å²) in [4.78, 5) is 11.6. The van der Waals surface area contributed by atoms with E-state index in [2.05, 4.69) is 33.1 Å². The monoisotopic (exact) mass is 260 g/mol. The van der Waals surface area contributed by atoms with Gasteiger partial charge in [-0.05, 0) is 33.1 Å². The highest BCUT2D eigenvalue weighted by Crippen LogP contribution is 2.22. The van der Waals surface area contributed by atoms with E-state index in [0.29, 0.717) is 5.57 Å². The summed E-state index contributed by atoms with van der Waals surface area (Å²) in [6.45, 7) is 15.6. The molecule has 16 heavy (non-hydrogen) atoms. The van der Waals surface area contributed by atoms with Crippen molar-refractivity contribution in [1.29, 1.82) is 0 Å². The van der Waals surface area contributed by atoms with Crippen LogP contribution in [0.2, 0.25) is 32.2 Å². The molecule has 0 saturated carbocycles. The molecule has 0 aliphatic heterocycles. The Morgan fingerprint density at radius 3 is 2.06 bits per heavy atom. The lowest BCUT2D eigenvalue weighted by Crippen LogP contribution is -2.48. The molecule has 0 heterocycles. The lowest BCUT2D eigenvalue weighted by Gasteiger charge is -2.33. The molecule has 1 unspecified atom stereocenters. The van der Waals surface area contributed by atoms with Gasteiger partial charge in [0, 0.05) is 11.6 Å². The Hall–Kier alpha value is -0.396. The fourth-order valence-corrected chi connectivity index (χ4v) is 8.84. The number of hydrogen-bond donors (Lipinski definition) is 0. The van der Waals surface area contributed by atoms with Gasteiger partial charge in [0.15, 0.2) is 8.32 Å². The Bertz CT molecular complexity index is 271. The van der Waals surface area contributed by atoms with Gasteiger partial charge in [-0.3, -0.25) is 0 Å². The maximum atomic E-state index is 11.6. The van der Waals surface area contributed by atoms with Crippen LogP contribution < -0.4 is 0 Å². The third-order valence-corrected chi connectivity index (χ3v) is 8.09. The van der Waals surface area contributed by atoms with Crippen molar-refractivity contribution < 1.29 is 13.3 Å². The lowest BCUT2D eigenvalue weighted by atomic mass is 10.4. The van der Waals surface area contributed by atoms with E-state index in [1.54, 1.807) is 6.92 Å². The molecule has 0 N–H and O–H groups in total. The van der Waals surface area contributed by atoms with Crippen LogP contribution in [-0.2, 0) is 13.3 Å². The van der Waals surface area contributed by atoms with Gasteiger partial charge in [0.05, 0.1) is 0 Å². The Labute approximate surface area is 101 Å². The maximum Gasteiger partial charge on any atom is 0.388 e. The van der Waals surface area contributed by atoms with E-state index in [0.717, 1.165) is 12.5 Å². The molecule has 0 radical (unpaired) electrons. The smallest absolute Gasteiger partial charge is 0.388 e. The first-order valence-electron chi connectivity index (χ1n) is 5.68. The highest BCUT2D eigenvalue weighted by atomic mass is 28.4. The van der Waals surface area contributed by atoms with Crippen LogP contribution >= 0.6 is 0 Å². The predicted octanol–water partition coefficient (Wildman–Crippen LogP) is 3.44. The minimum atomic E-state index is -2.36. The molecule has 0 aromatic carbocycles. The largest absolute Gasteiger partial charge is 0.492 e. The summed E-state index contributed by atoms with van der Waals surface area (Å²) in [7, 11) is -4.04. The average molecular weight is 260 g/mol. The molecule has 0 aromatic rings. The molecule has 94 valence electrons. The van der Waals surface area contributed by atoms with E-state index in [4.69, 9.17) is 8.54 Å². The van der Waals surface area contributed by atoms with Gasteiger partial charge in [-0.2, -0.15) is 0 Å². The Kier molecular flexibility index (Phi) is 5.65. The molecule has 5 heteroatoms. The van der Waals surface area contributed by atoms with Crippen LogP contribution in [0.4, 0.5) is 0 Å². The quantitative estimate of drug-likeness (QED) is 0.542. The SMILES string of the molecule is C=C(C)C(=O)O[Si](C)(CCC)O[Si](C)(C)C. The zero-order valence-corrected chi connectivity index (χ0v) is 13.3.